The summed E-state index contributed by atoms with van der Waals surface area (Å²) in [6.45, 7) is 1.52. The normalized spacial score (nSPS) is 24.2. The first-order chi connectivity index (χ1) is 5.86. The van der Waals surface area contributed by atoms with Crippen LogP contribution in [-0.2, 0) is 4.74 Å². The summed E-state index contributed by atoms with van der Waals surface area (Å²) in [7, 11) is 0. The molecule has 0 radical (unpaired) electrons. The Morgan fingerprint density at radius 3 is 3.00 bits per heavy atom. The molecule has 1 unspecified atom stereocenters. The summed E-state index contributed by atoms with van der Waals surface area (Å²) in [5.74, 6) is 0.937. The lowest BCUT2D eigenvalue weighted by atomic mass is 10.0. The molecule has 0 spiro atoms. The number of hydrogen-bond acceptors (Lipinski definition) is 5. The quantitative estimate of drug-likeness (QED) is 0.664. The first-order valence-electron chi connectivity index (χ1n) is 4.03. The van der Waals surface area contributed by atoms with Crippen molar-refractivity contribution in [3.8, 4) is 0 Å². The number of nitrogens with zero attached hydrogens (tertiary/aromatic N) is 2. The first kappa shape index (κ1) is 7.54. The lowest BCUT2D eigenvalue weighted by Gasteiger charge is -2.18. The number of ether oxygens (including phenoxy) is 1. The highest BCUT2D eigenvalue weighted by Gasteiger charge is 2.20. The summed E-state index contributed by atoms with van der Waals surface area (Å²) in [5, 5.41) is 3.75. The van der Waals surface area contributed by atoms with Gasteiger partial charge in [-0.2, -0.15) is 4.98 Å². The van der Waals surface area contributed by atoms with Gasteiger partial charge in [-0.15, -0.1) is 0 Å². The van der Waals surface area contributed by atoms with Crippen LogP contribution in [0.5, 0.6) is 0 Å². The van der Waals surface area contributed by atoms with E-state index >= 15 is 0 Å². The highest BCUT2D eigenvalue weighted by Crippen LogP contribution is 2.22. The molecule has 0 saturated carbocycles. The van der Waals surface area contributed by atoms with Crippen molar-refractivity contribution in [1.29, 1.82) is 0 Å². The van der Waals surface area contributed by atoms with E-state index in [1.807, 2.05) is 0 Å². The SMILES string of the molecule is Nc1nc(C2CCCOC2)no1. The van der Waals surface area contributed by atoms with Gasteiger partial charge in [-0.25, -0.2) is 0 Å². The van der Waals surface area contributed by atoms with E-state index < -0.39 is 0 Å². The van der Waals surface area contributed by atoms with Crippen LogP contribution in [0.25, 0.3) is 0 Å². The van der Waals surface area contributed by atoms with Crippen LogP contribution in [0.15, 0.2) is 4.52 Å². The van der Waals surface area contributed by atoms with E-state index in [0.29, 0.717) is 12.4 Å². The number of hydrogen-bond donors (Lipinski definition) is 1. The molecule has 0 aliphatic carbocycles. The summed E-state index contributed by atoms with van der Waals surface area (Å²) >= 11 is 0. The van der Waals surface area contributed by atoms with Crippen LogP contribution in [0.3, 0.4) is 0 Å². The summed E-state index contributed by atoms with van der Waals surface area (Å²) < 4.78 is 9.96. The molecular weight excluding hydrogens is 158 g/mol. The first-order valence-corrected chi connectivity index (χ1v) is 4.03. The van der Waals surface area contributed by atoms with Crippen molar-refractivity contribution >= 4 is 6.01 Å². The average Bonchev–Trinajstić information content (AvgIpc) is 2.54. The fourth-order valence-corrected chi connectivity index (χ4v) is 1.36. The van der Waals surface area contributed by atoms with Crippen LogP contribution in [0.2, 0.25) is 0 Å². The smallest absolute Gasteiger partial charge is 0.318 e. The maximum atomic E-state index is 5.30. The van der Waals surface area contributed by atoms with Gasteiger partial charge in [0.25, 0.3) is 0 Å². The monoisotopic (exact) mass is 169 g/mol. The molecule has 1 saturated heterocycles. The number of aromatic nitrogens is 2. The minimum Gasteiger partial charge on any atom is -0.381 e. The number of anilines is 1. The number of nitrogen functional groups attached to an aromatic ring is 1. The Kier molecular flexibility index (Phi) is 1.95. The van der Waals surface area contributed by atoms with Crippen molar-refractivity contribution in [3.63, 3.8) is 0 Å². The molecule has 0 bridgehead atoms. The Morgan fingerprint density at radius 2 is 2.42 bits per heavy atom. The fourth-order valence-electron chi connectivity index (χ4n) is 1.36. The van der Waals surface area contributed by atoms with Gasteiger partial charge < -0.3 is 15.0 Å². The lowest BCUT2D eigenvalue weighted by molar-refractivity contribution is 0.0773. The molecule has 1 aliphatic heterocycles. The predicted octanol–water partition coefficient (Wildman–Crippen LogP) is 0.546. The van der Waals surface area contributed by atoms with Crippen LogP contribution in [-0.4, -0.2) is 23.4 Å². The summed E-state index contributed by atoms with van der Waals surface area (Å²) in [6.07, 6.45) is 2.11. The Hall–Kier alpha value is -1.10. The van der Waals surface area contributed by atoms with E-state index in [4.69, 9.17) is 10.5 Å². The summed E-state index contributed by atoms with van der Waals surface area (Å²) in [4.78, 5) is 3.95. The van der Waals surface area contributed by atoms with Crippen molar-refractivity contribution < 1.29 is 9.26 Å². The Bertz CT molecular complexity index is 255. The highest BCUT2D eigenvalue weighted by atomic mass is 16.5. The topological polar surface area (TPSA) is 74.2 Å². The van der Waals surface area contributed by atoms with Gasteiger partial charge in [-0.3, -0.25) is 0 Å². The Labute approximate surface area is 69.9 Å². The molecule has 1 aliphatic rings. The van der Waals surface area contributed by atoms with Crippen LogP contribution in [0.4, 0.5) is 6.01 Å². The molecule has 1 aromatic heterocycles. The zero-order valence-corrected chi connectivity index (χ0v) is 6.69. The third kappa shape index (κ3) is 1.40. The van der Waals surface area contributed by atoms with E-state index in [1.54, 1.807) is 0 Å². The maximum absolute atomic E-state index is 5.30. The van der Waals surface area contributed by atoms with Crippen molar-refractivity contribution in [1.82, 2.24) is 10.1 Å². The molecule has 12 heavy (non-hydrogen) atoms. The van der Waals surface area contributed by atoms with E-state index in [9.17, 15) is 0 Å². The third-order valence-corrected chi connectivity index (χ3v) is 1.98. The second-order valence-electron chi connectivity index (χ2n) is 2.90. The molecule has 5 heteroatoms. The van der Waals surface area contributed by atoms with Gasteiger partial charge in [0.15, 0.2) is 5.82 Å². The average molecular weight is 169 g/mol. The van der Waals surface area contributed by atoms with Crippen molar-refractivity contribution in [3.05, 3.63) is 5.82 Å². The van der Waals surface area contributed by atoms with Crippen molar-refractivity contribution in [2.45, 2.75) is 18.8 Å². The van der Waals surface area contributed by atoms with Crippen LogP contribution in [0, 0.1) is 0 Å². The van der Waals surface area contributed by atoms with E-state index in [0.717, 1.165) is 19.4 Å². The van der Waals surface area contributed by atoms with E-state index in [2.05, 4.69) is 14.7 Å². The van der Waals surface area contributed by atoms with Crippen molar-refractivity contribution in [2.75, 3.05) is 18.9 Å². The van der Waals surface area contributed by atoms with Gasteiger partial charge in [-0.05, 0) is 12.8 Å². The largest absolute Gasteiger partial charge is 0.381 e. The molecule has 2 N–H and O–H groups in total. The van der Waals surface area contributed by atoms with Crippen LogP contribution < -0.4 is 5.73 Å². The molecule has 0 aromatic carbocycles. The highest BCUT2D eigenvalue weighted by molar-refractivity contribution is 5.10. The molecule has 2 heterocycles. The van der Waals surface area contributed by atoms with Gasteiger partial charge in [0, 0.05) is 12.5 Å². The molecule has 0 amide bonds. The van der Waals surface area contributed by atoms with E-state index in [1.165, 1.54) is 0 Å². The minimum absolute atomic E-state index is 0.135. The zero-order chi connectivity index (χ0) is 8.39. The molecule has 1 atom stereocenters. The number of rotatable bonds is 1. The fraction of sp³-hybridized carbons (Fsp3) is 0.714. The van der Waals surface area contributed by atoms with Gasteiger partial charge in [0.2, 0.25) is 0 Å². The molecule has 66 valence electrons. The molecule has 5 nitrogen and oxygen atoms in total. The predicted molar refractivity (Wildman–Crippen MR) is 41.5 cm³/mol. The van der Waals surface area contributed by atoms with Crippen LogP contribution >= 0.6 is 0 Å². The van der Waals surface area contributed by atoms with Crippen molar-refractivity contribution in [2.24, 2.45) is 0 Å². The zero-order valence-electron chi connectivity index (χ0n) is 6.69. The number of nitrogens with two attached hydrogens (primary N) is 1. The standard InChI is InChI=1S/C7H11N3O2/c8-7-9-6(10-12-7)5-2-1-3-11-4-5/h5H,1-4H2,(H2,8,9,10). The maximum Gasteiger partial charge on any atom is 0.318 e. The minimum atomic E-state index is 0.135. The van der Waals surface area contributed by atoms with Gasteiger partial charge in [-0.1, -0.05) is 5.16 Å². The third-order valence-electron chi connectivity index (χ3n) is 1.98. The molecule has 1 aromatic rings. The molecule has 2 rings (SSSR count). The molecular formula is C7H11N3O2. The van der Waals surface area contributed by atoms with Gasteiger partial charge in [0.05, 0.1) is 6.61 Å². The lowest BCUT2D eigenvalue weighted by Crippen LogP contribution is -2.16. The van der Waals surface area contributed by atoms with Gasteiger partial charge in [0.1, 0.15) is 0 Å². The van der Waals surface area contributed by atoms with Gasteiger partial charge >= 0.3 is 6.01 Å². The Morgan fingerprint density at radius 1 is 1.50 bits per heavy atom. The van der Waals surface area contributed by atoms with E-state index in [-0.39, 0.29) is 11.9 Å². The second kappa shape index (κ2) is 3.10. The Balaban J connectivity index is 2.08. The second-order valence-corrected chi connectivity index (χ2v) is 2.90. The molecule has 1 fully saturated rings. The summed E-state index contributed by atoms with van der Waals surface area (Å²) in [5.41, 5.74) is 5.30. The summed E-state index contributed by atoms with van der Waals surface area (Å²) in [6, 6.07) is 0.135. The van der Waals surface area contributed by atoms with Crippen LogP contribution in [0.1, 0.15) is 24.6 Å².